The summed E-state index contributed by atoms with van der Waals surface area (Å²) < 4.78 is 52.0. The Morgan fingerprint density at radius 1 is 1.10 bits per heavy atom. The van der Waals surface area contributed by atoms with Crippen molar-refractivity contribution in [3.63, 3.8) is 0 Å². The molecule has 122 valence electrons. The van der Waals surface area contributed by atoms with Crippen LogP contribution in [0.15, 0.2) is 0 Å². The summed E-state index contributed by atoms with van der Waals surface area (Å²) in [6, 6.07) is -0.282. The third-order valence-corrected chi connectivity index (χ3v) is 8.41. The maximum absolute atomic E-state index is 12.7. The van der Waals surface area contributed by atoms with E-state index in [9.17, 15) is 16.8 Å². The highest BCUT2D eigenvalue weighted by atomic mass is 32.2. The lowest BCUT2D eigenvalue weighted by atomic mass is 9.86. The monoisotopic (exact) mass is 336 g/mol. The van der Waals surface area contributed by atoms with Gasteiger partial charge in [-0.15, -0.1) is 0 Å². The van der Waals surface area contributed by atoms with E-state index in [2.05, 4.69) is 4.72 Å². The molecule has 1 saturated heterocycles. The van der Waals surface area contributed by atoms with E-state index in [1.165, 1.54) is 10.7 Å². The predicted molar refractivity (Wildman–Crippen MR) is 80.8 cm³/mol. The van der Waals surface area contributed by atoms with E-state index in [1.54, 1.807) is 0 Å². The minimum Gasteiger partial charge on any atom is -0.213 e. The van der Waals surface area contributed by atoms with Gasteiger partial charge in [-0.25, -0.2) is 25.9 Å². The van der Waals surface area contributed by atoms with Crippen LogP contribution in [0.5, 0.6) is 0 Å². The molecule has 3 aliphatic rings. The smallest absolute Gasteiger partial charge is 0.213 e. The average molecular weight is 336 g/mol. The van der Waals surface area contributed by atoms with Gasteiger partial charge in [-0.1, -0.05) is 19.3 Å². The molecule has 0 amide bonds. The fourth-order valence-corrected chi connectivity index (χ4v) is 7.37. The van der Waals surface area contributed by atoms with Gasteiger partial charge in [0.05, 0.1) is 11.5 Å². The van der Waals surface area contributed by atoms with Crippen LogP contribution in [-0.4, -0.2) is 51.8 Å². The zero-order valence-corrected chi connectivity index (χ0v) is 14.0. The van der Waals surface area contributed by atoms with Crippen LogP contribution < -0.4 is 4.72 Å². The van der Waals surface area contributed by atoms with Crippen molar-refractivity contribution in [3.05, 3.63) is 0 Å². The Labute approximate surface area is 127 Å². The van der Waals surface area contributed by atoms with Crippen LogP contribution in [0.4, 0.5) is 0 Å². The third-order valence-electron chi connectivity index (χ3n) is 5.22. The van der Waals surface area contributed by atoms with Crippen molar-refractivity contribution < 1.29 is 16.8 Å². The fourth-order valence-electron chi connectivity index (χ4n) is 4.05. The van der Waals surface area contributed by atoms with E-state index in [0.717, 1.165) is 38.4 Å². The molecule has 2 saturated carbocycles. The summed E-state index contributed by atoms with van der Waals surface area (Å²) in [4.78, 5) is 0. The molecule has 3 fully saturated rings. The quantitative estimate of drug-likeness (QED) is 0.817. The van der Waals surface area contributed by atoms with Crippen molar-refractivity contribution in [3.8, 4) is 0 Å². The second-order valence-corrected chi connectivity index (χ2v) is 10.8. The molecule has 0 aromatic carbocycles. The summed E-state index contributed by atoms with van der Waals surface area (Å²) in [5, 5.41) is -0.220. The Hall–Kier alpha value is -0.180. The molecule has 2 aliphatic carbocycles. The molecule has 0 radical (unpaired) electrons. The first-order chi connectivity index (χ1) is 9.73. The van der Waals surface area contributed by atoms with Crippen LogP contribution in [0.2, 0.25) is 0 Å². The molecule has 0 bridgehead atoms. The molecule has 0 aromatic heterocycles. The van der Waals surface area contributed by atoms with Gasteiger partial charge in [-0.05, 0) is 31.1 Å². The summed E-state index contributed by atoms with van der Waals surface area (Å²) >= 11 is 0. The van der Waals surface area contributed by atoms with Gasteiger partial charge in [0, 0.05) is 19.1 Å². The summed E-state index contributed by atoms with van der Waals surface area (Å²) in [5.41, 5.74) is 0.0411. The highest BCUT2D eigenvalue weighted by Crippen LogP contribution is 2.60. The maximum Gasteiger partial charge on any atom is 0.217 e. The first-order valence-corrected chi connectivity index (χ1v) is 11.1. The zero-order chi connectivity index (χ0) is 15.3. The van der Waals surface area contributed by atoms with Gasteiger partial charge < -0.3 is 0 Å². The van der Waals surface area contributed by atoms with E-state index in [4.69, 9.17) is 0 Å². The molecule has 1 heterocycles. The topological polar surface area (TPSA) is 83.6 Å². The minimum atomic E-state index is -3.28. The number of hydrogen-bond donors (Lipinski definition) is 1. The van der Waals surface area contributed by atoms with Crippen molar-refractivity contribution >= 4 is 20.0 Å². The molecule has 8 heteroatoms. The number of nitrogens with zero attached hydrogens (tertiary/aromatic N) is 1. The van der Waals surface area contributed by atoms with E-state index >= 15 is 0 Å². The van der Waals surface area contributed by atoms with Gasteiger partial charge in [-0.2, -0.15) is 0 Å². The largest absolute Gasteiger partial charge is 0.217 e. The third kappa shape index (κ3) is 3.13. The Kier molecular flexibility index (Phi) is 3.87. The average Bonchev–Trinajstić information content (AvgIpc) is 2.87. The molecule has 6 nitrogen and oxygen atoms in total. The molecule has 0 aromatic rings. The molecule has 2 atom stereocenters. The summed E-state index contributed by atoms with van der Waals surface area (Å²) in [6.45, 7) is 0.712. The number of sulfonamides is 2. The zero-order valence-electron chi connectivity index (χ0n) is 12.4. The second-order valence-electron chi connectivity index (χ2n) is 6.89. The first kappa shape index (κ1) is 15.7. The van der Waals surface area contributed by atoms with Crippen LogP contribution in [0, 0.1) is 5.41 Å². The van der Waals surface area contributed by atoms with Crippen molar-refractivity contribution in [2.24, 2.45) is 5.41 Å². The van der Waals surface area contributed by atoms with Gasteiger partial charge in [0.2, 0.25) is 20.0 Å². The first-order valence-electron chi connectivity index (χ1n) is 7.69. The maximum atomic E-state index is 12.7. The van der Waals surface area contributed by atoms with Crippen molar-refractivity contribution in [2.45, 2.75) is 56.2 Å². The Bertz CT molecular complexity index is 608. The molecule has 1 spiro atoms. The van der Waals surface area contributed by atoms with Crippen molar-refractivity contribution in [1.82, 2.24) is 9.03 Å². The Morgan fingerprint density at radius 2 is 1.76 bits per heavy atom. The summed E-state index contributed by atoms with van der Waals surface area (Å²) in [5.74, 6) is 0. The fraction of sp³-hybridized carbons (Fsp3) is 1.00. The SMILES string of the molecule is CS(=O)(=O)N[C@H]1CCN(S(=O)(=O)C2CC23CCCCC3)C1. The summed E-state index contributed by atoms with van der Waals surface area (Å²) in [6.07, 6.45) is 8.06. The van der Waals surface area contributed by atoms with Gasteiger partial charge >= 0.3 is 0 Å². The van der Waals surface area contributed by atoms with Crippen LogP contribution in [0.25, 0.3) is 0 Å². The second kappa shape index (κ2) is 5.18. The molecule has 1 aliphatic heterocycles. The molecule has 1 N–H and O–H groups in total. The Balaban J connectivity index is 1.65. The number of nitrogens with one attached hydrogen (secondary N) is 1. The lowest BCUT2D eigenvalue weighted by Gasteiger charge is -2.24. The highest BCUT2D eigenvalue weighted by molar-refractivity contribution is 7.90. The van der Waals surface area contributed by atoms with Crippen LogP contribution in [0.3, 0.4) is 0 Å². The van der Waals surface area contributed by atoms with E-state index in [-0.39, 0.29) is 23.3 Å². The normalized spacial score (nSPS) is 33.4. The standard InChI is InChI=1S/C13H24N2O4S2/c1-20(16,17)14-11-5-8-15(10-11)21(18,19)12-9-13(12)6-3-2-4-7-13/h11-12,14H,2-10H2,1H3/t11-,12?/m0/s1. The van der Waals surface area contributed by atoms with Crippen molar-refractivity contribution in [1.29, 1.82) is 0 Å². The lowest BCUT2D eigenvalue weighted by molar-refractivity contribution is 0.333. The van der Waals surface area contributed by atoms with Crippen LogP contribution in [0.1, 0.15) is 44.9 Å². The van der Waals surface area contributed by atoms with E-state index < -0.39 is 20.0 Å². The lowest BCUT2D eigenvalue weighted by Crippen LogP contribution is -2.39. The van der Waals surface area contributed by atoms with Gasteiger partial charge in [0.15, 0.2) is 0 Å². The molecular formula is C13H24N2O4S2. The van der Waals surface area contributed by atoms with Crippen molar-refractivity contribution in [2.75, 3.05) is 19.3 Å². The number of hydrogen-bond acceptors (Lipinski definition) is 4. The molecule has 1 unspecified atom stereocenters. The molecule has 21 heavy (non-hydrogen) atoms. The van der Waals surface area contributed by atoms with Gasteiger partial charge in [0.1, 0.15) is 0 Å². The predicted octanol–water partition coefficient (Wildman–Crippen LogP) is 0.662. The van der Waals surface area contributed by atoms with Gasteiger partial charge in [-0.3, -0.25) is 0 Å². The molecule has 3 rings (SSSR count). The van der Waals surface area contributed by atoms with Crippen LogP contribution >= 0.6 is 0 Å². The van der Waals surface area contributed by atoms with E-state index in [0.29, 0.717) is 13.0 Å². The number of rotatable bonds is 4. The van der Waals surface area contributed by atoms with Crippen LogP contribution in [-0.2, 0) is 20.0 Å². The Morgan fingerprint density at radius 3 is 2.38 bits per heavy atom. The minimum absolute atomic E-state index is 0.0411. The molecular weight excluding hydrogens is 312 g/mol. The highest BCUT2D eigenvalue weighted by Gasteiger charge is 2.62. The van der Waals surface area contributed by atoms with Gasteiger partial charge in [0.25, 0.3) is 0 Å². The summed E-state index contributed by atoms with van der Waals surface area (Å²) in [7, 11) is -6.54. The van der Waals surface area contributed by atoms with E-state index in [1.807, 2.05) is 0 Å².